The third-order valence-electron chi connectivity index (χ3n) is 4.79. The SMILES string of the molecule is CO[C@H]1C[C@@H](C(=O)N2CCN(c3ncn[nH]3)CC2)CC[C@@H]1N.Cl.Cl. The smallest absolute Gasteiger partial charge is 0.225 e. The summed E-state index contributed by atoms with van der Waals surface area (Å²) in [5.74, 6) is 1.06. The van der Waals surface area contributed by atoms with Crippen molar-refractivity contribution in [2.24, 2.45) is 11.7 Å². The van der Waals surface area contributed by atoms with Gasteiger partial charge in [-0.2, -0.15) is 10.1 Å². The number of aromatic amines is 1. The molecule has 3 atom stereocenters. The Bertz CT molecular complexity index is 495. The molecule has 0 spiro atoms. The largest absolute Gasteiger partial charge is 0.380 e. The normalized spacial score (nSPS) is 27.2. The van der Waals surface area contributed by atoms with E-state index < -0.39 is 0 Å². The molecule has 1 aliphatic heterocycles. The Labute approximate surface area is 154 Å². The number of amides is 1. The number of ether oxygens (including phenoxy) is 1. The number of nitrogens with one attached hydrogen (secondary N) is 1. The van der Waals surface area contributed by atoms with E-state index >= 15 is 0 Å². The number of nitrogens with two attached hydrogens (primary N) is 1. The molecule has 1 saturated heterocycles. The van der Waals surface area contributed by atoms with Gasteiger partial charge in [-0.15, -0.1) is 24.8 Å². The van der Waals surface area contributed by atoms with Crippen LogP contribution in [-0.4, -0.2) is 71.4 Å². The summed E-state index contributed by atoms with van der Waals surface area (Å²) in [6, 6.07) is 0.0531. The number of methoxy groups -OCH3 is 1. The maximum atomic E-state index is 12.7. The molecule has 0 bridgehead atoms. The predicted molar refractivity (Wildman–Crippen MR) is 95.8 cm³/mol. The zero-order valence-corrected chi connectivity index (χ0v) is 15.4. The number of H-pyrrole nitrogens is 1. The molecular weight excluding hydrogens is 355 g/mol. The van der Waals surface area contributed by atoms with E-state index in [4.69, 9.17) is 10.5 Å². The lowest BCUT2D eigenvalue weighted by Crippen LogP contribution is -2.52. The van der Waals surface area contributed by atoms with Gasteiger partial charge in [-0.25, -0.2) is 5.10 Å². The van der Waals surface area contributed by atoms with Crippen molar-refractivity contribution in [1.29, 1.82) is 0 Å². The standard InChI is InChI=1S/C14H24N6O2.2ClH/c1-22-12-8-10(2-3-11(12)15)13(21)19-4-6-20(7-5-19)14-16-9-17-18-14;;/h9-12H,2-8,15H2,1H3,(H,16,17,18);2*1H/t10-,11-,12-;;/m0../s1. The molecule has 0 aromatic carbocycles. The van der Waals surface area contributed by atoms with Crippen molar-refractivity contribution in [2.45, 2.75) is 31.4 Å². The fraction of sp³-hybridized carbons (Fsp3) is 0.786. The summed E-state index contributed by atoms with van der Waals surface area (Å²) in [5.41, 5.74) is 6.03. The van der Waals surface area contributed by atoms with Gasteiger partial charge in [0, 0.05) is 45.2 Å². The van der Waals surface area contributed by atoms with E-state index in [9.17, 15) is 4.79 Å². The average molecular weight is 381 g/mol. The maximum Gasteiger partial charge on any atom is 0.225 e. The quantitative estimate of drug-likeness (QED) is 0.788. The lowest BCUT2D eigenvalue weighted by Gasteiger charge is -2.39. The van der Waals surface area contributed by atoms with Gasteiger partial charge in [-0.1, -0.05) is 0 Å². The molecule has 3 N–H and O–H groups in total. The third-order valence-corrected chi connectivity index (χ3v) is 4.79. The number of carbonyl (C=O) groups is 1. The van der Waals surface area contributed by atoms with Gasteiger partial charge < -0.3 is 20.3 Å². The monoisotopic (exact) mass is 380 g/mol. The van der Waals surface area contributed by atoms with Crippen LogP contribution in [0, 0.1) is 5.92 Å². The minimum atomic E-state index is -0.00168. The van der Waals surface area contributed by atoms with Crippen LogP contribution in [0.4, 0.5) is 5.95 Å². The molecule has 8 nitrogen and oxygen atoms in total. The van der Waals surface area contributed by atoms with E-state index in [1.165, 1.54) is 6.33 Å². The van der Waals surface area contributed by atoms with Crippen molar-refractivity contribution in [2.75, 3.05) is 38.2 Å². The molecule has 2 fully saturated rings. The number of nitrogens with zero attached hydrogens (tertiary/aromatic N) is 4. The van der Waals surface area contributed by atoms with Crippen LogP contribution >= 0.6 is 24.8 Å². The maximum absolute atomic E-state index is 12.7. The molecule has 1 aromatic heterocycles. The number of anilines is 1. The number of hydrogen-bond acceptors (Lipinski definition) is 6. The number of halogens is 2. The predicted octanol–water partition coefficient (Wildman–Crippen LogP) is 0.439. The Hall–Kier alpha value is -1.09. The van der Waals surface area contributed by atoms with Gasteiger partial charge in [-0.05, 0) is 19.3 Å². The summed E-state index contributed by atoms with van der Waals surface area (Å²) in [7, 11) is 1.67. The van der Waals surface area contributed by atoms with Gasteiger partial charge in [-0.3, -0.25) is 4.79 Å². The van der Waals surface area contributed by atoms with Crippen molar-refractivity contribution in [3.8, 4) is 0 Å². The number of hydrogen-bond donors (Lipinski definition) is 2. The van der Waals surface area contributed by atoms with Gasteiger partial charge in [0.15, 0.2) is 0 Å². The Balaban J connectivity index is 0.00000144. The molecule has 138 valence electrons. The van der Waals surface area contributed by atoms with E-state index in [2.05, 4.69) is 20.1 Å². The Kier molecular flexibility index (Phi) is 8.21. The fourth-order valence-electron chi connectivity index (χ4n) is 3.40. The van der Waals surface area contributed by atoms with Crippen LogP contribution in [-0.2, 0) is 9.53 Å². The molecular formula is C14H26Cl2N6O2. The van der Waals surface area contributed by atoms with Gasteiger partial charge in [0.05, 0.1) is 6.10 Å². The van der Waals surface area contributed by atoms with Crippen LogP contribution in [0.3, 0.4) is 0 Å². The van der Waals surface area contributed by atoms with Crippen LogP contribution in [0.2, 0.25) is 0 Å². The van der Waals surface area contributed by atoms with E-state index in [1.807, 2.05) is 4.90 Å². The lowest BCUT2D eigenvalue weighted by atomic mass is 9.83. The first-order chi connectivity index (χ1) is 10.7. The van der Waals surface area contributed by atoms with E-state index in [0.717, 1.165) is 51.4 Å². The Morgan fingerprint density at radius 1 is 1.29 bits per heavy atom. The summed E-state index contributed by atoms with van der Waals surface area (Å²) < 4.78 is 5.41. The number of piperazine rings is 1. The van der Waals surface area contributed by atoms with Crippen molar-refractivity contribution in [1.82, 2.24) is 20.1 Å². The van der Waals surface area contributed by atoms with Gasteiger partial charge >= 0.3 is 0 Å². The second-order valence-corrected chi connectivity index (χ2v) is 6.07. The van der Waals surface area contributed by atoms with Gasteiger partial charge in [0.2, 0.25) is 11.9 Å². The zero-order valence-electron chi connectivity index (χ0n) is 13.8. The van der Waals surface area contributed by atoms with E-state index in [-0.39, 0.29) is 48.8 Å². The average Bonchev–Trinajstić information content (AvgIpc) is 3.09. The summed E-state index contributed by atoms with van der Waals surface area (Å²) in [5, 5.41) is 6.73. The van der Waals surface area contributed by atoms with Gasteiger partial charge in [0.1, 0.15) is 6.33 Å². The third kappa shape index (κ3) is 4.50. The zero-order chi connectivity index (χ0) is 15.5. The first kappa shape index (κ1) is 21.0. The van der Waals surface area contributed by atoms with Crippen molar-refractivity contribution in [3.63, 3.8) is 0 Å². The first-order valence-electron chi connectivity index (χ1n) is 7.86. The van der Waals surface area contributed by atoms with Crippen LogP contribution in [0.25, 0.3) is 0 Å². The molecule has 0 radical (unpaired) electrons. The van der Waals surface area contributed by atoms with E-state index in [1.54, 1.807) is 7.11 Å². The fourth-order valence-corrected chi connectivity index (χ4v) is 3.40. The van der Waals surface area contributed by atoms with Crippen molar-refractivity contribution >= 4 is 36.7 Å². The molecule has 24 heavy (non-hydrogen) atoms. The first-order valence-corrected chi connectivity index (χ1v) is 7.86. The second kappa shape index (κ2) is 9.41. The van der Waals surface area contributed by atoms with Crippen molar-refractivity contribution < 1.29 is 9.53 Å². The summed E-state index contributed by atoms with van der Waals surface area (Å²) >= 11 is 0. The molecule has 0 unspecified atom stereocenters. The Morgan fingerprint density at radius 2 is 2.00 bits per heavy atom. The minimum Gasteiger partial charge on any atom is -0.380 e. The number of rotatable bonds is 3. The second-order valence-electron chi connectivity index (χ2n) is 6.07. The minimum absolute atomic E-state index is 0. The van der Waals surface area contributed by atoms with Crippen LogP contribution in [0.1, 0.15) is 19.3 Å². The highest BCUT2D eigenvalue weighted by Gasteiger charge is 2.35. The van der Waals surface area contributed by atoms with E-state index in [0.29, 0.717) is 0 Å². The molecule has 3 rings (SSSR count). The molecule has 1 saturated carbocycles. The van der Waals surface area contributed by atoms with Crippen LogP contribution < -0.4 is 10.6 Å². The highest BCUT2D eigenvalue weighted by atomic mass is 35.5. The Morgan fingerprint density at radius 3 is 2.58 bits per heavy atom. The van der Waals surface area contributed by atoms with Crippen LogP contribution in [0.15, 0.2) is 6.33 Å². The molecule has 1 aromatic rings. The molecule has 2 aliphatic rings. The molecule has 1 amide bonds. The highest BCUT2D eigenvalue weighted by Crippen LogP contribution is 2.27. The van der Waals surface area contributed by atoms with Crippen LogP contribution in [0.5, 0.6) is 0 Å². The number of aromatic nitrogens is 3. The highest BCUT2D eigenvalue weighted by molar-refractivity contribution is 5.85. The lowest BCUT2D eigenvalue weighted by molar-refractivity contribution is -0.138. The summed E-state index contributed by atoms with van der Waals surface area (Å²) in [6.45, 7) is 3.00. The summed E-state index contributed by atoms with van der Waals surface area (Å²) in [4.78, 5) is 20.9. The van der Waals surface area contributed by atoms with Crippen molar-refractivity contribution in [3.05, 3.63) is 6.33 Å². The topological polar surface area (TPSA) is 100 Å². The molecule has 2 heterocycles. The molecule has 1 aliphatic carbocycles. The number of carbonyl (C=O) groups excluding carboxylic acids is 1. The van der Waals surface area contributed by atoms with Gasteiger partial charge in [0.25, 0.3) is 0 Å². The molecule has 10 heteroatoms. The summed E-state index contributed by atoms with van der Waals surface area (Å²) in [6.07, 6.45) is 3.95.